The van der Waals surface area contributed by atoms with Gasteiger partial charge in [-0.15, -0.1) is 0 Å². The van der Waals surface area contributed by atoms with Crippen LogP contribution in [0.25, 0.3) is 0 Å². The summed E-state index contributed by atoms with van der Waals surface area (Å²) >= 11 is 0. The molecule has 0 fully saturated rings. The fraction of sp³-hybridized carbons (Fsp3) is 0.250. The van der Waals surface area contributed by atoms with E-state index < -0.39 is 0 Å². The van der Waals surface area contributed by atoms with Crippen LogP contribution in [0.2, 0.25) is 0 Å². The molecule has 0 aliphatic carbocycles. The summed E-state index contributed by atoms with van der Waals surface area (Å²) in [5.74, 6) is 6.44. The number of hydrazine groups is 1. The Kier molecular flexibility index (Phi) is 3.34. The molecule has 3 N–H and O–H groups in total. The van der Waals surface area contributed by atoms with E-state index in [4.69, 9.17) is 10.3 Å². The van der Waals surface area contributed by atoms with Crippen molar-refractivity contribution in [1.82, 2.24) is 10.4 Å². The Hall–Kier alpha value is -1.65. The zero-order chi connectivity index (χ0) is 11.4. The Bertz CT molecular complexity index is 439. The molecule has 0 aliphatic heterocycles. The first-order chi connectivity index (χ1) is 7.79. The van der Waals surface area contributed by atoms with Crippen molar-refractivity contribution in [1.29, 1.82) is 0 Å². The summed E-state index contributed by atoms with van der Waals surface area (Å²) in [5, 5.41) is 0. The van der Waals surface area contributed by atoms with Crippen molar-refractivity contribution >= 4 is 0 Å². The van der Waals surface area contributed by atoms with Gasteiger partial charge < -0.3 is 4.42 Å². The van der Waals surface area contributed by atoms with Gasteiger partial charge in [-0.25, -0.2) is 0 Å². The molecule has 4 heteroatoms. The molecule has 1 unspecified atom stereocenters. The van der Waals surface area contributed by atoms with Crippen molar-refractivity contribution < 1.29 is 4.42 Å². The third kappa shape index (κ3) is 2.48. The van der Waals surface area contributed by atoms with Crippen LogP contribution in [0.5, 0.6) is 0 Å². The van der Waals surface area contributed by atoms with E-state index in [0.717, 1.165) is 23.3 Å². The normalized spacial score (nSPS) is 12.6. The van der Waals surface area contributed by atoms with Gasteiger partial charge in [-0.1, -0.05) is 6.07 Å². The van der Waals surface area contributed by atoms with Gasteiger partial charge in [0.2, 0.25) is 0 Å². The van der Waals surface area contributed by atoms with Crippen LogP contribution in [0.1, 0.15) is 22.9 Å². The van der Waals surface area contributed by atoms with Crippen molar-refractivity contribution in [3.63, 3.8) is 0 Å². The number of aryl methyl sites for hydroxylation is 1. The second kappa shape index (κ2) is 4.92. The predicted octanol–water partition coefficient (Wildman–Crippen LogP) is 1.73. The number of nitrogens with zero attached hydrogens (tertiary/aromatic N) is 1. The highest BCUT2D eigenvalue weighted by atomic mass is 16.3. The number of furan rings is 1. The number of rotatable bonds is 4. The predicted molar refractivity (Wildman–Crippen MR) is 61.5 cm³/mol. The first kappa shape index (κ1) is 10.9. The summed E-state index contributed by atoms with van der Waals surface area (Å²) in [5.41, 5.74) is 4.99. The van der Waals surface area contributed by atoms with Crippen LogP contribution in [0.4, 0.5) is 0 Å². The van der Waals surface area contributed by atoms with E-state index in [1.54, 1.807) is 12.5 Å². The van der Waals surface area contributed by atoms with Gasteiger partial charge in [-0.05, 0) is 31.0 Å². The van der Waals surface area contributed by atoms with Crippen LogP contribution in [0, 0.1) is 6.92 Å². The summed E-state index contributed by atoms with van der Waals surface area (Å²) < 4.78 is 5.27. The SMILES string of the molecule is Cc1cc(C(Cc2cccnc2)NN)co1. The first-order valence-corrected chi connectivity index (χ1v) is 5.19. The summed E-state index contributed by atoms with van der Waals surface area (Å²) in [6.07, 6.45) is 6.13. The molecule has 0 radical (unpaired) electrons. The number of pyridine rings is 1. The average Bonchev–Trinajstić information content (AvgIpc) is 2.74. The molecule has 0 saturated carbocycles. The standard InChI is InChI=1S/C12H15N3O/c1-9-5-11(8-16-9)12(15-13)6-10-3-2-4-14-7-10/h2-5,7-8,12,15H,6,13H2,1H3. The first-order valence-electron chi connectivity index (χ1n) is 5.19. The lowest BCUT2D eigenvalue weighted by Crippen LogP contribution is -2.29. The van der Waals surface area contributed by atoms with Crippen LogP contribution in [-0.4, -0.2) is 4.98 Å². The fourth-order valence-corrected chi connectivity index (χ4v) is 1.67. The maximum absolute atomic E-state index is 5.55. The second-order valence-corrected chi connectivity index (χ2v) is 3.78. The molecule has 2 heterocycles. The van der Waals surface area contributed by atoms with Crippen LogP contribution in [0.15, 0.2) is 41.3 Å². The molecule has 0 aliphatic rings. The van der Waals surface area contributed by atoms with E-state index in [1.165, 1.54) is 0 Å². The molecule has 2 rings (SSSR count). The van der Waals surface area contributed by atoms with E-state index in [-0.39, 0.29) is 6.04 Å². The molecule has 1 atom stereocenters. The molecule has 0 bridgehead atoms. The summed E-state index contributed by atoms with van der Waals surface area (Å²) in [4.78, 5) is 4.08. The molecule has 0 saturated heterocycles. The van der Waals surface area contributed by atoms with Gasteiger partial charge in [0.1, 0.15) is 5.76 Å². The minimum Gasteiger partial charge on any atom is -0.469 e. The van der Waals surface area contributed by atoms with E-state index in [2.05, 4.69) is 10.4 Å². The van der Waals surface area contributed by atoms with E-state index in [9.17, 15) is 0 Å². The number of hydrogen-bond donors (Lipinski definition) is 2. The van der Waals surface area contributed by atoms with Crippen LogP contribution >= 0.6 is 0 Å². The highest BCUT2D eigenvalue weighted by Gasteiger charge is 2.12. The smallest absolute Gasteiger partial charge is 0.101 e. The quantitative estimate of drug-likeness (QED) is 0.604. The highest BCUT2D eigenvalue weighted by molar-refractivity contribution is 5.20. The van der Waals surface area contributed by atoms with Gasteiger partial charge in [0.15, 0.2) is 0 Å². The Morgan fingerprint density at radius 2 is 2.44 bits per heavy atom. The maximum atomic E-state index is 5.55. The Morgan fingerprint density at radius 3 is 3.00 bits per heavy atom. The van der Waals surface area contributed by atoms with Crippen molar-refractivity contribution in [3.8, 4) is 0 Å². The summed E-state index contributed by atoms with van der Waals surface area (Å²) in [7, 11) is 0. The van der Waals surface area contributed by atoms with Crippen molar-refractivity contribution in [3.05, 3.63) is 53.7 Å². The Labute approximate surface area is 94.5 Å². The second-order valence-electron chi connectivity index (χ2n) is 3.78. The number of nitrogens with two attached hydrogens (primary N) is 1. The molecule has 2 aromatic rings. The molecular weight excluding hydrogens is 202 g/mol. The lowest BCUT2D eigenvalue weighted by molar-refractivity contribution is 0.511. The van der Waals surface area contributed by atoms with Crippen LogP contribution in [0.3, 0.4) is 0 Å². The van der Waals surface area contributed by atoms with Crippen molar-refractivity contribution in [2.45, 2.75) is 19.4 Å². The van der Waals surface area contributed by atoms with Gasteiger partial charge in [-0.2, -0.15) is 0 Å². The maximum Gasteiger partial charge on any atom is 0.101 e. The van der Waals surface area contributed by atoms with E-state index in [0.29, 0.717) is 0 Å². The average molecular weight is 217 g/mol. The lowest BCUT2D eigenvalue weighted by Gasteiger charge is -2.13. The summed E-state index contributed by atoms with van der Waals surface area (Å²) in [6.45, 7) is 1.92. The third-order valence-electron chi connectivity index (χ3n) is 2.52. The van der Waals surface area contributed by atoms with Gasteiger partial charge in [-0.3, -0.25) is 16.3 Å². The van der Waals surface area contributed by atoms with Crippen LogP contribution in [-0.2, 0) is 6.42 Å². The monoisotopic (exact) mass is 217 g/mol. The van der Waals surface area contributed by atoms with Gasteiger partial charge >= 0.3 is 0 Å². The highest BCUT2D eigenvalue weighted by Crippen LogP contribution is 2.19. The topological polar surface area (TPSA) is 64.1 Å². The van der Waals surface area contributed by atoms with Gasteiger partial charge in [0.05, 0.1) is 12.3 Å². The minimum atomic E-state index is 0.0571. The number of hydrogen-bond acceptors (Lipinski definition) is 4. The molecular formula is C12H15N3O. The molecule has 16 heavy (non-hydrogen) atoms. The fourth-order valence-electron chi connectivity index (χ4n) is 1.67. The zero-order valence-electron chi connectivity index (χ0n) is 9.18. The molecule has 0 amide bonds. The zero-order valence-corrected chi connectivity index (χ0v) is 9.18. The number of aromatic nitrogens is 1. The van der Waals surface area contributed by atoms with Gasteiger partial charge in [0.25, 0.3) is 0 Å². The third-order valence-corrected chi connectivity index (χ3v) is 2.52. The van der Waals surface area contributed by atoms with Gasteiger partial charge in [0, 0.05) is 18.0 Å². The Morgan fingerprint density at radius 1 is 1.56 bits per heavy atom. The lowest BCUT2D eigenvalue weighted by atomic mass is 10.0. The molecule has 4 nitrogen and oxygen atoms in total. The molecule has 0 aromatic carbocycles. The molecule has 0 spiro atoms. The van der Waals surface area contributed by atoms with E-state index >= 15 is 0 Å². The van der Waals surface area contributed by atoms with Crippen molar-refractivity contribution in [2.24, 2.45) is 5.84 Å². The van der Waals surface area contributed by atoms with Crippen molar-refractivity contribution in [2.75, 3.05) is 0 Å². The molecule has 2 aromatic heterocycles. The van der Waals surface area contributed by atoms with E-state index in [1.807, 2.05) is 31.3 Å². The molecule has 84 valence electrons. The minimum absolute atomic E-state index is 0.0571. The Balaban J connectivity index is 2.12. The van der Waals surface area contributed by atoms with Crippen LogP contribution < -0.4 is 11.3 Å². The summed E-state index contributed by atoms with van der Waals surface area (Å²) in [6, 6.07) is 6.00. The number of nitrogens with one attached hydrogen (secondary N) is 1. The largest absolute Gasteiger partial charge is 0.469 e.